The molecule has 3 nitrogen and oxygen atoms in total. The van der Waals surface area contributed by atoms with Gasteiger partial charge in [0.1, 0.15) is 17.1 Å². The first-order valence-electron chi connectivity index (χ1n) is 5.94. The van der Waals surface area contributed by atoms with Gasteiger partial charge in [0.05, 0.1) is 0 Å². The van der Waals surface area contributed by atoms with Crippen LogP contribution in [-0.4, -0.2) is 16.1 Å². The second-order valence-electron chi connectivity index (χ2n) is 4.75. The quantitative estimate of drug-likeness (QED) is 0.759. The molecule has 1 heterocycles. The maximum Gasteiger partial charge on any atom is 0.221 e. The van der Waals surface area contributed by atoms with E-state index in [9.17, 15) is 0 Å². The molecule has 0 radical (unpaired) electrons. The normalized spacial score (nSPS) is 20.6. The van der Waals surface area contributed by atoms with E-state index in [0.29, 0.717) is 23.1 Å². The summed E-state index contributed by atoms with van der Waals surface area (Å²) in [6.07, 6.45) is 6.25. The topological polar surface area (TPSA) is 35.0 Å². The SMILES string of the molecule is Cc1c(Cl)nc(C2CC2)nc1OC1CCC1. The van der Waals surface area contributed by atoms with Crippen molar-refractivity contribution in [2.75, 3.05) is 0 Å². The molecule has 16 heavy (non-hydrogen) atoms. The lowest BCUT2D eigenvalue weighted by Gasteiger charge is -2.26. The zero-order chi connectivity index (χ0) is 11.1. The van der Waals surface area contributed by atoms with E-state index in [4.69, 9.17) is 16.3 Å². The van der Waals surface area contributed by atoms with Gasteiger partial charge in [0.15, 0.2) is 0 Å². The van der Waals surface area contributed by atoms with Crippen molar-refractivity contribution in [3.8, 4) is 5.88 Å². The molecule has 0 unspecified atom stereocenters. The molecule has 0 amide bonds. The first-order chi connectivity index (χ1) is 7.74. The largest absolute Gasteiger partial charge is 0.474 e. The zero-order valence-corrected chi connectivity index (χ0v) is 10.1. The van der Waals surface area contributed by atoms with Crippen molar-refractivity contribution in [1.29, 1.82) is 0 Å². The third-order valence-electron chi connectivity index (χ3n) is 3.33. The fraction of sp³-hybridized carbons (Fsp3) is 0.667. The molecule has 0 atom stereocenters. The molecule has 0 aromatic carbocycles. The van der Waals surface area contributed by atoms with Gasteiger partial charge in [-0.25, -0.2) is 4.98 Å². The summed E-state index contributed by atoms with van der Waals surface area (Å²) in [6.45, 7) is 1.92. The zero-order valence-electron chi connectivity index (χ0n) is 9.37. The number of halogens is 1. The Morgan fingerprint density at radius 3 is 2.50 bits per heavy atom. The lowest BCUT2D eigenvalue weighted by Crippen LogP contribution is -2.25. The molecule has 2 saturated carbocycles. The third-order valence-corrected chi connectivity index (χ3v) is 3.70. The van der Waals surface area contributed by atoms with Gasteiger partial charge in [0.25, 0.3) is 0 Å². The standard InChI is InChI=1S/C12H15ClN2O/c1-7-10(13)14-11(8-5-6-8)15-12(7)16-9-3-2-4-9/h8-9H,2-6H2,1H3. The summed E-state index contributed by atoms with van der Waals surface area (Å²) in [6, 6.07) is 0. The fourth-order valence-corrected chi connectivity index (χ4v) is 1.94. The van der Waals surface area contributed by atoms with Gasteiger partial charge >= 0.3 is 0 Å². The van der Waals surface area contributed by atoms with E-state index in [1.807, 2.05) is 6.92 Å². The average molecular weight is 239 g/mol. The fourth-order valence-electron chi connectivity index (χ4n) is 1.77. The highest BCUT2D eigenvalue weighted by atomic mass is 35.5. The molecular formula is C12H15ClN2O. The van der Waals surface area contributed by atoms with Crippen molar-refractivity contribution < 1.29 is 4.74 Å². The van der Waals surface area contributed by atoms with Crippen LogP contribution >= 0.6 is 11.6 Å². The number of nitrogens with zero attached hydrogens (tertiary/aromatic N) is 2. The number of hydrogen-bond acceptors (Lipinski definition) is 3. The summed E-state index contributed by atoms with van der Waals surface area (Å²) in [5, 5.41) is 0.547. The van der Waals surface area contributed by atoms with Gasteiger partial charge in [-0.3, -0.25) is 0 Å². The number of hydrogen-bond donors (Lipinski definition) is 0. The van der Waals surface area contributed by atoms with Gasteiger partial charge in [-0.1, -0.05) is 11.6 Å². The molecule has 0 bridgehead atoms. The van der Waals surface area contributed by atoms with Crippen molar-refractivity contribution in [2.45, 2.75) is 51.0 Å². The highest BCUT2D eigenvalue weighted by Gasteiger charge is 2.29. The number of aromatic nitrogens is 2. The Balaban J connectivity index is 1.87. The number of rotatable bonds is 3. The van der Waals surface area contributed by atoms with Gasteiger partial charge in [0, 0.05) is 11.5 Å². The molecular weight excluding hydrogens is 224 g/mol. The van der Waals surface area contributed by atoms with Crippen LogP contribution in [0.4, 0.5) is 0 Å². The second-order valence-corrected chi connectivity index (χ2v) is 5.11. The smallest absolute Gasteiger partial charge is 0.221 e. The van der Waals surface area contributed by atoms with Crippen molar-refractivity contribution in [3.63, 3.8) is 0 Å². The lowest BCUT2D eigenvalue weighted by atomic mass is 9.96. The Bertz CT molecular complexity index is 414. The summed E-state index contributed by atoms with van der Waals surface area (Å²) in [5.74, 6) is 2.08. The van der Waals surface area contributed by atoms with Crippen LogP contribution in [0.5, 0.6) is 5.88 Å². The summed E-state index contributed by atoms with van der Waals surface area (Å²) >= 11 is 6.10. The third kappa shape index (κ3) is 1.88. The van der Waals surface area contributed by atoms with Crippen molar-refractivity contribution in [1.82, 2.24) is 9.97 Å². The Kier molecular flexibility index (Phi) is 2.51. The minimum Gasteiger partial charge on any atom is -0.474 e. The molecule has 0 saturated heterocycles. The predicted molar refractivity (Wildman–Crippen MR) is 62.0 cm³/mol. The highest BCUT2D eigenvalue weighted by molar-refractivity contribution is 6.30. The molecule has 0 spiro atoms. The molecule has 2 aliphatic carbocycles. The van der Waals surface area contributed by atoms with E-state index in [0.717, 1.165) is 24.2 Å². The lowest BCUT2D eigenvalue weighted by molar-refractivity contribution is 0.113. The van der Waals surface area contributed by atoms with E-state index in [2.05, 4.69) is 9.97 Å². The maximum absolute atomic E-state index is 6.10. The first kappa shape index (κ1) is 10.3. The van der Waals surface area contributed by atoms with Gasteiger partial charge < -0.3 is 4.74 Å². The number of ether oxygens (including phenoxy) is 1. The second kappa shape index (κ2) is 3.88. The Morgan fingerprint density at radius 2 is 1.94 bits per heavy atom. The molecule has 2 fully saturated rings. The van der Waals surface area contributed by atoms with E-state index in [1.165, 1.54) is 19.3 Å². The first-order valence-corrected chi connectivity index (χ1v) is 6.32. The van der Waals surface area contributed by atoms with Crippen LogP contribution < -0.4 is 4.74 Å². The van der Waals surface area contributed by atoms with Crippen LogP contribution in [0.1, 0.15) is 49.4 Å². The summed E-state index contributed by atoms with van der Waals surface area (Å²) < 4.78 is 5.84. The van der Waals surface area contributed by atoms with Crippen molar-refractivity contribution in [2.24, 2.45) is 0 Å². The van der Waals surface area contributed by atoms with Crippen LogP contribution in [0.2, 0.25) is 5.15 Å². The van der Waals surface area contributed by atoms with E-state index >= 15 is 0 Å². The molecule has 0 N–H and O–H groups in total. The van der Waals surface area contributed by atoms with Crippen molar-refractivity contribution >= 4 is 11.6 Å². The molecule has 1 aromatic heterocycles. The predicted octanol–water partition coefficient (Wildman–Crippen LogP) is 3.25. The van der Waals surface area contributed by atoms with Crippen LogP contribution in [0, 0.1) is 6.92 Å². The van der Waals surface area contributed by atoms with Crippen LogP contribution in [-0.2, 0) is 0 Å². The van der Waals surface area contributed by atoms with Crippen LogP contribution in [0.25, 0.3) is 0 Å². The van der Waals surface area contributed by atoms with E-state index < -0.39 is 0 Å². The van der Waals surface area contributed by atoms with Crippen molar-refractivity contribution in [3.05, 3.63) is 16.5 Å². The Labute approximate surface area is 100 Å². The monoisotopic (exact) mass is 238 g/mol. The van der Waals surface area contributed by atoms with Gasteiger partial charge in [0.2, 0.25) is 5.88 Å². The minimum absolute atomic E-state index is 0.344. The minimum atomic E-state index is 0.344. The van der Waals surface area contributed by atoms with Gasteiger partial charge in [-0.05, 0) is 39.0 Å². The summed E-state index contributed by atoms with van der Waals surface area (Å²) in [7, 11) is 0. The molecule has 2 aliphatic rings. The Hall–Kier alpha value is -0.830. The van der Waals surface area contributed by atoms with Gasteiger partial charge in [-0.2, -0.15) is 4.98 Å². The van der Waals surface area contributed by atoms with E-state index in [-0.39, 0.29) is 0 Å². The van der Waals surface area contributed by atoms with Gasteiger partial charge in [-0.15, -0.1) is 0 Å². The molecule has 86 valence electrons. The highest BCUT2D eigenvalue weighted by Crippen LogP contribution is 2.40. The van der Waals surface area contributed by atoms with Crippen LogP contribution in [0.15, 0.2) is 0 Å². The molecule has 3 rings (SSSR count). The van der Waals surface area contributed by atoms with Crippen LogP contribution in [0.3, 0.4) is 0 Å². The summed E-state index contributed by atoms with van der Waals surface area (Å²) in [5.41, 5.74) is 0.873. The van der Waals surface area contributed by atoms with E-state index in [1.54, 1.807) is 0 Å². The molecule has 0 aliphatic heterocycles. The Morgan fingerprint density at radius 1 is 1.19 bits per heavy atom. The molecule has 4 heteroatoms. The molecule has 1 aromatic rings. The summed E-state index contributed by atoms with van der Waals surface area (Å²) in [4.78, 5) is 8.82. The maximum atomic E-state index is 6.10. The average Bonchev–Trinajstić information content (AvgIpc) is 3.00.